The number of aromatic nitrogens is 1. The minimum atomic E-state index is -1.03. The van der Waals surface area contributed by atoms with E-state index in [0.29, 0.717) is 23.4 Å². The van der Waals surface area contributed by atoms with Crippen LogP contribution < -0.4 is 5.32 Å². The molecule has 6 nitrogen and oxygen atoms in total. The summed E-state index contributed by atoms with van der Waals surface area (Å²) in [5.74, 6) is -0.946. The Kier molecular flexibility index (Phi) is 4.07. The quantitative estimate of drug-likeness (QED) is 0.902. The maximum atomic E-state index is 12.2. The number of aromatic carboxylic acids is 1. The number of benzene rings is 1. The van der Waals surface area contributed by atoms with Gasteiger partial charge in [-0.2, -0.15) is 0 Å². The highest BCUT2D eigenvalue weighted by Crippen LogP contribution is 2.22. The van der Waals surface area contributed by atoms with Gasteiger partial charge in [-0.25, -0.2) is 9.78 Å². The predicted molar refractivity (Wildman–Crippen MR) is 76.7 cm³/mol. The number of carboxylic acids is 1. The van der Waals surface area contributed by atoms with Crippen molar-refractivity contribution in [2.24, 2.45) is 0 Å². The number of aryl methyl sites for hydroxylation is 3. The molecule has 110 valence electrons. The number of nitrogens with zero attached hydrogens (tertiary/aromatic N) is 1. The van der Waals surface area contributed by atoms with Crippen molar-refractivity contribution in [1.82, 2.24) is 4.98 Å². The fourth-order valence-electron chi connectivity index (χ4n) is 2.11. The lowest BCUT2D eigenvalue weighted by molar-refractivity contribution is 0.0695. The van der Waals surface area contributed by atoms with Crippen molar-refractivity contribution in [2.75, 3.05) is 5.32 Å². The molecule has 0 saturated carbocycles. The van der Waals surface area contributed by atoms with Crippen LogP contribution in [0.4, 0.5) is 5.69 Å². The van der Waals surface area contributed by atoms with Crippen LogP contribution in [0, 0.1) is 13.8 Å². The smallest absolute Gasteiger partial charge is 0.336 e. The zero-order valence-electron chi connectivity index (χ0n) is 12.1. The first kappa shape index (κ1) is 14.8. The van der Waals surface area contributed by atoms with Crippen LogP contribution >= 0.6 is 0 Å². The molecule has 2 N–H and O–H groups in total. The van der Waals surface area contributed by atoms with Gasteiger partial charge in [0.2, 0.25) is 0 Å². The molecule has 1 aromatic heterocycles. The number of carbonyl (C=O) groups excluding carboxylic acids is 1. The lowest BCUT2D eigenvalue weighted by atomic mass is 10.0. The number of rotatable bonds is 4. The summed E-state index contributed by atoms with van der Waals surface area (Å²) in [6.07, 6.45) is 1.77. The van der Waals surface area contributed by atoms with E-state index in [1.165, 1.54) is 12.5 Å². The van der Waals surface area contributed by atoms with Crippen molar-refractivity contribution in [2.45, 2.75) is 27.2 Å². The number of carboxylic acid groups (broad SMARTS) is 1. The maximum absolute atomic E-state index is 12.2. The Bertz CT molecular complexity index is 704. The Labute approximate surface area is 121 Å². The second-order valence-electron chi connectivity index (χ2n) is 4.72. The highest BCUT2D eigenvalue weighted by Gasteiger charge is 2.17. The molecule has 2 rings (SSSR count). The van der Waals surface area contributed by atoms with E-state index in [2.05, 4.69) is 10.3 Å². The van der Waals surface area contributed by atoms with Crippen molar-refractivity contribution in [3.63, 3.8) is 0 Å². The third-order valence-corrected chi connectivity index (χ3v) is 3.23. The first-order valence-electron chi connectivity index (χ1n) is 6.52. The molecular weight excluding hydrogens is 272 g/mol. The summed E-state index contributed by atoms with van der Waals surface area (Å²) in [6.45, 7) is 5.38. The number of anilines is 1. The Hall–Kier alpha value is -2.63. The highest BCUT2D eigenvalue weighted by molar-refractivity contribution is 6.04. The minimum absolute atomic E-state index is 0.159. The topological polar surface area (TPSA) is 92.4 Å². The molecule has 0 bridgehead atoms. The van der Waals surface area contributed by atoms with Gasteiger partial charge in [0.05, 0.1) is 5.56 Å². The molecule has 0 saturated heterocycles. The number of carbonyl (C=O) groups is 2. The van der Waals surface area contributed by atoms with Crippen LogP contribution in [0.3, 0.4) is 0 Å². The molecule has 1 amide bonds. The lowest BCUT2D eigenvalue weighted by Gasteiger charge is -2.11. The first-order chi connectivity index (χ1) is 9.93. The van der Waals surface area contributed by atoms with Gasteiger partial charge in [-0.15, -0.1) is 0 Å². The van der Waals surface area contributed by atoms with Crippen LogP contribution in [-0.2, 0) is 6.42 Å². The summed E-state index contributed by atoms with van der Waals surface area (Å²) in [5.41, 5.74) is 2.26. The summed E-state index contributed by atoms with van der Waals surface area (Å²) in [6, 6.07) is 3.18. The zero-order valence-corrected chi connectivity index (χ0v) is 12.1. The zero-order chi connectivity index (χ0) is 15.6. The molecule has 1 heterocycles. The van der Waals surface area contributed by atoms with Crippen LogP contribution in [-0.4, -0.2) is 22.0 Å². The molecule has 0 aliphatic rings. The fourth-order valence-corrected chi connectivity index (χ4v) is 2.11. The standard InChI is InChI=1S/C15H16N2O4/c1-4-12-13(16-7-21-12)14(18)17-11-6-10(15(19)20)8(2)5-9(11)3/h5-7H,4H2,1-3H3,(H,17,18)(H,19,20). The molecule has 0 aliphatic carbocycles. The molecule has 0 unspecified atom stereocenters. The van der Waals surface area contributed by atoms with Gasteiger partial charge in [0.1, 0.15) is 5.76 Å². The number of amides is 1. The average Bonchev–Trinajstić information content (AvgIpc) is 2.89. The highest BCUT2D eigenvalue weighted by atomic mass is 16.4. The fraction of sp³-hybridized carbons (Fsp3) is 0.267. The van der Waals surface area contributed by atoms with Crippen molar-refractivity contribution in [3.05, 3.63) is 46.7 Å². The normalized spacial score (nSPS) is 10.4. The van der Waals surface area contributed by atoms with Crippen LogP contribution in [0.1, 0.15) is 44.7 Å². The van der Waals surface area contributed by atoms with Crippen molar-refractivity contribution in [3.8, 4) is 0 Å². The largest absolute Gasteiger partial charge is 0.478 e. The van der Waals surface area contributed by atoms with Gasteiger partial charge in [0.15, 0.2) is 12.1 Å². The number of hydrogen-bond donors (Lipinski definition) is 2. The Morgan fingerprint density at radius 2 is 2.00 bits per heavy atom. The van der Waals surface area contributed by atoms with Gasteiger partial charge in [0, 0.05) is 12.1 Å². The summed E-state index contributed by atoms with van der Waals surface area (Å²) >= 11 is 0. The summed E-state index contributed by atoms with van der Waals surface area (Å²) < 4.78 is 5.12. The van der Waals surface area contributed by atoms with Crippen LogP contribution in [0.2, 0.25) is 0 Å². The molecular formula is C15H16N2O4. The van der Waals surface area contributed by atoms with Gasteiger partial charge in [-0.3, -0.25) is 4.79 Å². The third kappa shape index (κ3) is 2.94. The van der Waals surface area contributed by atoms with Crippen molar-refractivity contribution in [1.29, 1.82) is 0 Å². The van der Waals surface area contributed by atoms with E-state index in [1.54, 1.807) is 19.9 Å². The number of nitrogens with one attached hydrogen (secondary N) is 1. The van der Waals surface area contributed by atoms with Crippen molar-refractivity contribution < 1.29 is 19.1 Å². The predicted octanol–water partition coefficient (Wildman–Crippen LogP) is 2.80. The van der Waals surface area contributed by atoms with E-state index >= 15 is 0 Å². The van der Waals surface area contributed by atoms with Gasteiger partial charge in [0.25, 0.3) is 5.91 Å². The van der Waals surface area contributed by atoms with Gasteiger partial charge >= 0.3 is 5.97 Å². The summed E-state index contributed by atoms with van der Waals surface area (Å²) in [4.78, 5) is 27.2. The molecule has 6 heteroatoms. The number of hydrogen-bond acceptors (Lipinski definition) is 4. The van der Waals surface area contributed by atoms with Crippen LogP contribution in [0.5, 0.6) is 0 Å². The van der Waals surface area contributed by atoms with Gasteiger partial charge < -0.3 is 14.8 Å². The molecule has 1 aromatic carbocycles. The molecule has 0 radical (unpaired) electrons. The third-order valence-electron chi connectivity index (χ3n) is 3.23. The number of oxazole rings is 1. The van der Waals surface area contributed by atoms with Gasteiger partial charge in [-0.1, -0.05) is 13.0 Å². The van der Waals surface area contributed by atoms with E-state index in [-0.39, 0.29) is 11.3 Å². The second kappa shape index (κ2) is 5.78. The Morgan fingerprint density at radius 3 is 2.62 bits per heavy atom. The first-order valence-corrected chi connectivity index (χ1v) is 6.52. The molecule has 0 fully saturated rings. The van der Waals surface area contributed by atoms with Crippen LogP contribution in [0.15, 0.2) is 22.9 Å². The molecule has 0 atom stereocenters. The van der Waals surface area contributed by atoms with E-state index in [0.717, 1.165) is 5.56 Å². The molecule has 0 aliphatic heterocycles. The molecule has 0 spiro atoms. The summed E-state index contributed by atoms with van der Waals surface area (Å²) in [5, 5.41) is 11.8. The second-order valence-corrected chi connectivity index (χ2v) is 4.72. The molecule has 21 heavy (non-hydrogen) atoms. The van der Waals surface area contributed by atoms with E-state index in [9.17, 15) is 9.59 Å². The minimum Gasteiger partial charge on any atom is -0.478 e. The van der Waals surface area contributed by atoms with E-state index in [1.807, 2.05) is 6.92 Å². The van der Waals surface area contributed by atoms with E-state index < -0.39 is 11.9 Å². The Balaban J connectivity index is 2.33. The van der Waals surface area contributed by atoms with E-state index in [4.69, 9.17) is 9.52 Å². The average molecular weight is 288 g/mol. The SMILES string of the molecule is CCc1ocnc1C(=O)Nc1cc(C(=O)O)c(C)cc1C. The molecule has 2 aromatic rings. The van der Waals surface area contributed by atoms with Gasteiger partial charge in [-0.05, 0) is 31.0 Å². The Morgan fingerprint density at radius 1 is 1.29 bits per heavy atom. The van der Waals surface area contributed by atoms with Crippen LogP contribution in [0.25, 0.3) is 0 Å². The maximum Gasteiger partial charge on any atom is 0.336 e. The summed E-state index contributed by atoms with van der Waals surface area (Å²) in [7, 11) is 0. The monoisotopic (exact) mass is 288 g/mol. The lowest BCUT2D eigenvalue weighted by Crippen LogP contribution is -2.16. The van der Waals surface area contributed by atoms with Crippen molar-refractivity contribution >= 4 is 17.6 Å².